The quantitative estimate of drug-likeness (QED) is 0.128. The Kier molecular flexibility index (Phi) is 11.4. The van der Waals surface area contributed by atoms with Crippen LogP contribution >= 0.6 is 0 Å². The maximum Gasteiger partial charge on any atom is 0.0322 e. The van der Waals surface area contributed by atoms with Crippen molar-refractivity contribution in [1.82, 2.24) is 9.97 Å². The summed E-state index contributed by atoms with van der Waals surface area (Å²) in [6, 6.07) is 52.1. The molecule has 7 aromatic rings. The van der Waals surface area contributed by atoms with E-state index in [1.54, 1.807) is 6.20 Å². The van der Waals surface area contributed by atoms with Crippen molar-refractivity contribution in [3.05, 3.63) is 180 Å². The molecule has 3 heteroatoms. The summed E-state index contributed by atoms with van der Waals surface area (Å²) in [5.41, 5.74) is 15.4. The summed E-state index contributed by atoms with van der Waals surface area (Å²) in [7, 11) is 0. The normalized spacial score (nSPS) is 13.9. The average Bonchev–Trinajstić information content (AvgIpc) is 3.78. The third kappa shape index (κ3) is 9.35. The van der Waals surface area contributed by atoms with Gasteiger partial charge in [0.25, 0.3) is 0 Å². The summed E-state index contributed by atoms with van der Waals surface area (Å²) in [5, 5.41) is 0. The van der Waals surface area contributed by atoms with Crippen molar-refractivity contribution < 1.29 is 22.8 Å². The molecule has 283 valence electrons. The fraction of sp³-hybridized carbons (Fsp3) is 0.245. The van der Waals surface area contributed by atoms with Crippen molar-refractivity contribution in [3.8, 4) is 55.9 Å². The SMILES string of the molecule is [2H]C([2H])(c1cnc(-c2[c-]cc(-c3ccccc3-c3cc(C)cc(CCc4c[c-]c(-c5ccccn5)cc4)c3)cc2)cc1-c1ccc(C2CCCC2)cc1)C(C)(C)C.[Ir]. The van der Waals surface area contributed by atoms with Crippen LogP contribution in [0.4, 0.5) is 0 Å². The molecule has 0 saturated heterocycles. The van der Waals surface area contributed by atoms with Crippen LogP contribution < -0.4 is 0 Å². The number of rotatable bonds is 10. The first-order chi connectivity index (χ1) is 27.5. The minimum atomic E-state index is -1.59. The molecule has 1 saturated carbocycles. The number of hydrogen-bond acceptors (Lipinski definition) is 2. The van der Waals surface area contributed by atoms with Gasteiger partial charge in [-0.15, -0.1) is 65.2 Å². The van der Waals surface area contributed by atoms with E-state index in [0.717, 1.165) is 57.6 Å². The average molecular weight is 909 g/mol. The van der Waals surface area contributed by atoms with Gasteiger partial charge in [-0.25, -0.2) is 0 Å². The Balaban J connectivity index is 0.00000512. The van der Waals surface area contributed by atoms with Crippen LogP contribution in [0.3, 0.4) is 0 Å². The third-order valence-corrected chi connectivity index (χ3v) is 10.8. The Morgan fingerprint density at radius 1 is 0.643 bits per heavy atom. The topological polar surface area (TPSA) is 25.8 Å². The van der Waals surface area contributed by atoms with Gasteiger partial charge >= 0.3 is 0 Å². The molecule has 2 aromatic heterocycles. The minimum absolute atomic E-state index is 0. The van der Waals surface area contributed by atoms with E-state index in [9.17, 15) is 2.74 Å². The number of aromatic nitrogens is 2. The van der Waals surface area contributed by atoms with Crippen molar-refractivity contribution in [2.75, 3.05) is 0 Å². The molecule has 0 atom stereocenters. The Labute approximate surface area is 350 Å². The van der Waals surface area contributed by atoms with Crippen LogP contribution in [0.15, 0.2) is 140 Å². The van der Waals surface area contributed by atoms with Crippen LogP contribution in [-0.4, -0.2) is 9.97 Å². The van der Waals surface area contributed by atoms with Crippen molar-refractivity contribution in [2.45, 2.75) is 78.5 Å². The largest absolute Gasteiger partial charge is 0.305 e. The van der Waals surface area contributed by atoms with Crippen molar-refractivity contribution >= 4 is 0 Å². The molecule has 2 nitrogen and oxygen atoms in total. The van der Waals surface area contributed by atoms with E-state index in [2.05, 4.69) is 133 Å². The van der Waals surface area contributed by atoms with Crippen molar-refractivity contribution in [2.24, 2.45) is 5.41 Å². The molecule has 0 spiro atoms. The van der Waals surface area contributed by atoms with Crippen molar-refractivity contribution in [3.63, 3.8) is 0 Å². The smallest absolute Gasteiger partial charge is 0.0322 e. The summed E-state index contributed by atoms with van der Waals surface area (Å²) in [5.74, 6) is 0.630. The Hall–Kier alpha value is -4.95. The molecule has 8 rings (SSSR count). The second kappa shape index (κ2) is 17.5. The fourth-order valence-corrected chi connectivity index (χ4v) is 8.02. The van der Waals surface area contributed by atoms with E-state index in [0.29, 0.717) is 11.5 Å². The van der Waals surface area contributed by atoms with Crippen LogP contribution in [0, 0.1) is 24.5 Å². The number of benzene rings is 5. The molecule has 2 heterocycles. The van der Waals surface area contributed by atoms with Crippen LogP contribution in [0.5, 0.6) is 0 Å². The van der Waals surface area contributed by atoms with Gasteiger partial charge in [0.15, 0.2) is 0 Å². The molecule has 0 amide bonds. The van der Waals surface area contributed by atoms with E-state index in [1.807, 2.05) is 45.2 Å². The molecule has 1 radical (unpaired) electrons. The van der Waals surface area contributed by atoms with Gasteiger partial charge in [-0.2, -0.15) is 0 Å². The molecule has 1 aliphatic carbocycles. The molecule has 1 fully saturated rings. The van der Waals surface area contributed by atoms with Gasteiger partial charge in [0.05, 0.1) is 0 Å². The number of aryl methyl sites for hydroxylation is 3. The van der Waals surface area contributed by atoms with E-state index in [1.165, 1.54) is 59.1 Å². The van der Waals surface area contributed by atoms with Gasteiger partial charge in [-0.05, 0) is 100 Å². The predicted molar refractivity (Wildman–Crippen MR) is 230 cm³/mol. The summed E-state index contributed by atoms with van der Waals surface area (Å²) in [6.07, 6.45) is 8.96. The van der Waals surface area contributed by atoms with E-state index in [-0.39, 0.29) is 20.1 Å². The molecule has 0 bridgehead atoms. The van der Waals surface area contributed by atoms with E-state index >= 15 is 0 Å². The minimum Gasteiger partial charge on any atom is -0.305 e. The predicted octanol–water partition coefficient (Wildman–Crippen LogP) is 13.7. The van der Waals surface area contributed by atoms with Gasteiger partial charge in [0.2, 0.25) is 0 Å². The van der Waals surface area contributed by atoms with E-state index < -0.39 is 11.8 Å². The Bertz CT molecular complexity index is 2460. The van der Waals surface area contributed by atoms with Gasteiger partial charge in [-0.3, -0.25) is 0 Å². The second-order valence-corrected chi connectivity index (χ2v) is 16.2. The van der Waals surface area contributed by atoms with Gasteiger partial charge in [0.1, 0.15) is 0 Å². The number of nitrogens with zero attached hydrogens (tertiary/aromatic N) is 2. The number of pyridine rings is 2. The molecule has 5 aromatic carbocycles. The Morgan fingerprint density at radius 2 is 1.32 bits per heavy atom. The number of hydrogen-bond donors (Lipinski definition) is 0. The van der Waals surface area contributed by atoms with Gasteiger partial charge in [0, 0.05) is 35.2 Å². The van der Waals surface area contributed by atoms with Gasteiger partial charge in [-0.1, -0.05) is 142 Å². The molecule has 0 N–H and O–H groups in total. The Morgan fingerprint density at radius 3 is 2.00 bits per heavy atom. The first-order valence-corrected chi connectivity index (χ1v) is 19.8. The summed E-state index contributed by atoms with van der Waals surface area (Å²) in [6.45, 7) is 8.05. The first kappa shape index (κ1) is 36.7. The zero-order valence-corrected chi connectivity index (χ0v) is 35.2. The third-order valence-electron chi connectivity index (χ3n) is 10.8. The van der Waals surface area contributed by atoms with Crippen molar-refractivity contribution in [1.29, 1.82) is 0 Å². The fourth-order valence-electron chi connectivity index (χ4n) is 8.02. The summed E-state index contributed by atoms with van der Waals surface area (Å²) in [4.78, 5) is 9.33. The standard InChI is InChI=1S/C53H50N2.Ir/c1-37-31-39(17-16-38-18-20-44(21-19-38)51-15-9-10-30-54-51)33-46(32-37)49-14-8-7-13-48(49)42-26-28-45(29-27-42)52-34-50(47(36-55-52)35-53(2,3)4)43-24-22-41(23-25-43)40-11-5-6-12-40;/h7-10,13-15,18-20,22-28,30-34,36,40H,5-6,11-12,16-17,35H2,1-4H3;/q-2;/i35D2;. The molecule has 0 aliphatic heterocycles. The van der Waals surface area contributed by atoms with Crippen LogP contribution in [0.1, 0.15) is 82.9 Å². The van der Waals surface area contributed by atoms with Gasteiger partial charge < -0.3 is 9.97 Å². The molecule has 1 aliphatic rings. The summed E-state index contributed by atoms with van der Waals surface area (Å²) < 4.78 is 18.4. The monoisotopic (exact) mass is 909 g/mol. The molecule has 56 heavy (non-hydrogen) atoms. The maximum atomic E-state index is 9.22. The maximum absolute atomic E-state index is 9.22. The van der Waals surface area contributed by atoms with Crippen LogP contribution in [0.25, 0.3) is 55.9 Å². The van der Waals surface area contributed by atoms with Crippen LogP contribution in [0.2, 0.25) is 0 Å². The zero-order chi connectivity index (χ0) is 39.6. The van der Waals surface area contributed by atoms with E-state index in [4.69, 9.17) is 4.98 Å². The molecular formula is C53H50IrN2-2. The first-order valence-electron chi connectivity index (χ1n) is 20.8. The second-order valence-electron chi connectivity index (χ2n) is 16.2. The van der Waals surface area contributed by atoms with Crippen LogP contribution in [-0.2, 0) is 39.3 Å². The zero-order valence-electron chi connectivity index (χ0n) is 34.8. The molecule has 0 unspecified atom stereocenters. The molecular weight excluding hydrogens is 857 g/mol. The summed E-state index contributed by atoms with van der Waals surface area (Å²) >= 11 is 0.